The van der Waals surface area contributed by atoms with Crippen LogP contribution in [-0.4, -0.2) is 50.9 Å². The van der Waals surface area contributed by atoms with Crippen molar-refractivity contribution in [1.82, 2.24) is 10.2 Å². The zero-order valence-corrected chi connectivity index (χ0v) is 15.2. The van der Waals surface area contributed by atoms with Gasteiger partial charge >= 0.3 is 6.03 Å². The Hall–Kier alpha value is -2.51. The van der Waals surface area contributed by atoms with Crippen molar-refractivity contribution in [2.45, 2.75) is 13.0 Å². The second kappa shape index (κ2) is 8.73. The van der Waals surface area contributed by atoms with Gasteiger partial charge in [-0.1, -0.05) is 0 Å². The minimum Gasteiger partial charge on any atom is -0.497 e. The Morgan fingerprint density at radius 1 is 1.19 bits per heavy atom. The fourth-order valence-electron chi connectivity index (χ4n) is 2.97. The first-order valence-corrected chi connectivity index (χ1v) is 8.73. The van der Waals surface area contributed by atoms with E-state index < -0.39 is 0 Å². The Morgan fingerprint density at radius 2 is 1.92 bits per heavy atom. The number of furan rings is 1. The predicted molar refractivity (Wildman–Crippen MR) is 98.6 cm³/mol. The molecule has 0 aliphatic carbocycles. The molecule has 0 spiro atoms. The topological polar surface area (TPSA) is 76.0 Å². The van der Waals surface area contributed by atoms with Crippen molar-refractivity contribution < 1.29 is 18.7 Å². The summed E-state index contributed by atoms with van der Waals surface area (Å²) in [5.74, 6) is 2.46. The monoisotopic (exact) mass is 359 g/mol. The Labute approximate surface area is 153 Å². The fourth-order valence-corrected chi connectivity index (χ4v) is 2.97. The van der Waals surface area contributed by atoms with Crippen molar-refractivity contribution >= 4 is 11.7 Å². The van der Waals surface area contributed by atoms with Crippen molar-refractivity contribution in [2.24, 2.45) is 0 Å². The minimum atomic E-state index is -0.253. The van der Waals surface area contributed by atoms with Crippen LogP contribution >= 0.6 is 0 Å². The first-order chi connectivity index (χ1) is 12.7. The summed E-state index contributed by atoms with van der Waals surface area (Å²) in [4.78, 5) is 14.5. The van der Waals surface area contributed by atoms with Gasteiger partial charge in [-0.2, -0.15) is 0 Å². The van der Waals surface area contributed by atoms with Crippen LogP contribution in [0, 0.1) is 6.92 Å². The number of urea groups is 1. The maximum atomic E-state index is 12.3. The number of nitrogens with one attached hydrogen (secondary N) is 2. The van der Waals surface area contributed by atoms with Gasteiger partial charge in [0.05, 0.1) is 26.4 Å². The van der Waals surface area contributed by atoms with Gasteiger partial charge in [-0.3, -0.25) is 4.90 Å². The number of aryl methyl sites for hydroxylation is 1. The largest absolute Gasteiger partial charge is 0.497 e. The van der Waals surface area contributed by atoms with E-state index in [0.29, 0.717) is 25.4 Å². The predicted octanol–water partition coefficient (Wildman–Crippen LogP) is 2.79. The molecule has 1 aromatic heterocycles. The molecule has 2 aromatic rings. The Bertz CT molecular complexity index is 708. The van der Waals surface area contributed by atoms with Crippen LogP contribution < -0.4 is 15.4 Å². The lowest BCUT2D eigenvalue weighted by molar-refractivity contribution is 0.0122. The zero-order valence-electron chi connectivity index (χ0n) is 15.2. The smallest absolute Gasteiger partial charge is 0.319 e. The Morgan fingerprint density at radius 3 is 2.54 bits per heavy atom. The Kier molecular flexibility index (Phi) is 6.14. The van der Waals surface area contributed by atoms with E-state index in [4.69, 9.17) is 13.9 Å². The molecular formula is C19H25N3O4. The highest BCUT2D eigenvalue weighted by atomic mass is 16.5. The van der Waals surface area contributed by atoms with E-state index in [9.17, 15) is 4.79 Å². The quantitative estimate of drug-likeness (QED) is 0.829. The molecule has 1 atom stereocenters. The van der Waals surface area contributed by atoms with Crippen LogP contribution in [0.4, 0.5) is 10.5 Å². The number of hydrogen-bond donors (Lipinski definition) is 2. The van der Waals surface area contributed by atoms with Gasteiger partial charge in [0.25, 0.3) is 0 Å². The first-order valence-electron chi connectivity index (χ1n) is 8.73. The normalized spacial score (nSPS) is 16.1. The molecule has 26 heavy (non-hydrogen) atoms. The molecule has 7 heteroatoms. The van der Waals surface area contributed by atoms with E-state index in [2.05, 4.69) is 15.5 Å². The standard InChI is InChI=1S/C19H25N3O4/c1-14-3-8-18(26-14)17(22-9-11-25-12-10-22)13-20-19(23)21-15-4-6-16(24-2)7-5-15/h3-8,17H,9-13H2,1-2H3,(H2,20,21,23)/t17-/m1/s1. The SMILES string of the molecule is COc1ccc(NC(=O)NC[C@H](c2ccc(C)o2)N2CCOCC2)cc1. The molecule has 0 bridgehead atoms. The summed E-state index contributed by atoms with van der Waals surface area (Å²) in [5, 5.41) is 5.77. The zero-order chi connectivity index (χ0) is 18.4. The highest BCUT2D eigenvalue weighted by Crippen LogP contribution is 2.23. The molecule has 3 rings (SSSR count). The van der Waals surface area contributed by atoms with E-state index in [1.807, 2.05) is 19.1 Å². The molecule has 0 radical (unpaired) electrons. The molecule has 2 heterocycles. The van der Waals surface area contributed by atoms with Gasteiger partial charge in [0.2, 0.25) is 0 Å². The summed E-state index contributed by atoms with van der Waals surface area (Å²) >= 11 is 0. The molecule has 1 aliphatic heterocycles. The lowest BCUT2D eigenvalue weighted by Gasteiger charge is -2.33. The van der Waals surface area contributed by atoms with Crippen LogP contribution in [0.25, 0.3) is 0 Å². The summed E-state index contributed by atoms with van der Waals surface area (Å²) < 4.78 is 16.4. The lowest BCUT2D eigenvalue weighted by atomic mass is 10.1. The molecule has 7 nitrogen and oxygen atoms in total. The van der Waals surface area contributed by atoms with Gasteiger partial charge in [-0.05, 0) is 43.3 Å². The molecule has 140 valence electrons. The number of benzene rings is 1. The average Bonchev–Trinajstić information content (AvgIpc) is 3.09. The van der Waals surface area contributed by atoms with Crippen LogP contribution in [0.1, 0.15) is 17.6 Å². The maximum absolute atomic E-state index is 12.3. The number of amides is 2. The number of nitrogens with zero attached hydrogens (tertiary/aromatic N) is 1. The van der Waals surface area contributed by atoms with Crippen molar-refractivity contribution in [3.63, 3.8) is 0 Å². The molecule has 1 aliphatic rings. The van der Waals surface area contributed by atoms with Crippen LogP contribution in [0.15, 0.2) is 40.8 Å². The molecule has 2 amide bonds. The van der Waals surface area contributed by atoms with Crippen LogP contribution in [0.2, 0.25) is 0 Å². The number of morpholine rings is 1. The molecule has 1 aromatic carbocycles. The first kappa shape index (κ1) is 18.3. The summed E-state index contributed by atoms with van der Waals surface area (Å²) in [6.45, 7) is 5.37. The molecular weight excluding hydrogens is 334 g/mol. The minimum absolute atomic E-state index is 0.0192. The lowest BCUT2D eigenvalue weighted by Crippen LogP contribution is -2.44. The maximum Gasteiger partial charge on any atom is 0.319 e. The second-order valence-corrected chi connectivity index (χ2v) is 6.18. The number of carbonyl (C=O) groups is 1. The van der Waals surface area contributed by atoms with Crippen LogP contribution in [-0.2, 0) is 4.74 Å². The third kappa shape index (κ3) is 4.77. The average molecular weight is 359 g/mol. The molecule has 0 saturated carbocycles. The summed E-state index contributed by atoms with van der Waals surface area (Å²) in [6.07, 6.45) is 0. The van der Waals surface area contributed by atoms with Crippen molar-refractivity contribution in [3.05, 3.63) is 47.9 Å². The molecule has 1 saturated heterocycles. The third-order valence-electron chi connectivity index (χ3n) is 4.38. The molecule has 0 unspecified atom stereocenters. The third-order valence-corrected chi connectivity index (χ3v) is 4.38. The van der Waals surface area contributed by atoms with Gasteiger partial charge < -0.3 is 24.5 Å². The van der Waals surface area contributed by atoms with Crippen LogP contribution in [0.3, 0.4) is 0 Å². The van der Waals surface area contributed by atoms with Crippen molar-refractivity contribution in [1.29, 1.82) is 0 Å². The number of methoxy groups -OCH3 is 1. The van der Waals surface area contributed by atoms with E-state index in [0.717, 1.165) is 30.4 Å². The molecule has 1 fully saturated rings. The van der Waals surface area contributed by atoms with Gasteiger partial charge in [0, 0.05) is 25.3 Å². The Balaban J connectivity index is 1.60. The number of carbonyl (C=O) groups excluding carboxylic acids is 1. The number of anilines is 1. The van der Waals surface area contributed by atoms with E-state index >= 15 is 0 Å². The summed E-state index contributed by atoms with van der Waals surface area (Å²) in [7, 11) is 1.61. The summed E-state index contributed by atoms with van der Waals surface area (Å²) in [5.41, 5.74) is 0.708. The number of hydrogen-bond acceptors (Lipinski definition) is 5. The van der Waals surface area contributed by atoms with E-state index in [1.165, 1.54) is 0 Å². The fraction of sp³-hybridized carbons (Fsp3) is 0.421. The van der Waals surface area contributed by atoms with E-state index in [-0.39, 0.29) is 12.1 Å². The van der Waals surface area contributed by atoms with E-state index in [1.54, 1.807) is 31.4 Å². The second-order valence-electron chi connectivity index (χ2n) is 6.18. The van der Waals surface area contributed by atoms with Gasteiger partial charge in [-0.15, -0.1) is 0 Å². The highest BCUT2D eigenvalue weighted by Gasteiger charge is 2.25. The van der Waals surface area contributed by atoms with Gasteiger partial charge in [-0.25, -0.2) is 4.79 Å². The van der Waals surface area contributed by atoms with Crippen LogP contribution in [0.5, 0.6) is 5.75 Å². The number of rotatable bonds is 6. The van der Waals surface area contributed by atoms with Gasteiger partial charge in [0.1, 0.15) is 17.3 Å². The van der Waals surface area contributed by atoms with Crippen molar-refractivity contribution in [3.8, 4) is 5.75 Å². The van der Waals surface area contributed by atoms with Crippen molar-refractivity contribution in [2.75, 3.05) is 45.3 Å². The van der Waals surface area contributed by atoms with Gasteiger partial charge in [0.15, 0.2) is 0 Å². The number of ether oxygens (including phenoxy) is 2. The highest BCUT2D eigenvalue weighted by molar-refractivity contribution is 5.89. The summed E-state index contributed by atoms with van der Waals surface area (Å²) in [6, 6.07) is 10.8. The molecule has 2 N–H and O–H groups in total.